The van der Waals surface area contributed by atoms with Gasteiger partial charge in [0.2, 0.25) is 0 Å². The third-order valence-corrected chi connectivity index (χ3v) is 3.49. The fraction of sp³-hybridized carbons (Fsp3) is 0.600. The van der Waals surface area contributed by atoms with Gasteiger partial charge in [0.25, 0.3) is 11.4 Å². The van der Waals surface area contributed by atoms with Crippen LogP contribution in [0.3, 0.4) is 0 Å². The molecule has 1 aromatic carbocycles. The molecule has 0 spiro atoms. The summed E-state index contributed by atoms with van der Waals surface area (Å²) in [5, 5.41) is 22.8. The van der Waals surface area contributed by atoms with Crippen LogP contribution in [0.1, 0.15) is 58.2 Å². The standard InChI is InChI=1S/C15H22N2O4/c1-9-12(16(18)19)10(14(2,3)4)8-11(15(5,6)7)13(9)17(20)21/h8H,1-7H3. The molecule has 0 saturated carbocycles. The monoisotopic (exact) mass is 294 g/mol. The second-order valence-electron chi connectivity index (χ2n) is 7.31. The molecule has 6 nitrogen and oxygen atoms in total. The molecule has 21 heavy (non-hydrogen) atoms. The van der Waals surface area contributed by atoms with Crippen molar-refractivity contribution in [2.75, 3.05) is 0 Å². The molecule has 0 saturated heterocycles. The predicted octanol–water partition coefficient (Wildman–Crippen LogP) is 4.41. The van der Waals surface area contributed by atoms with E-state index in [1.165, 1.54) is 6.92 Å². The van der Waals surface area contributed by atoms with Crippen LogP contribution in [-0.2, 0) is 10.8 Å². The fourth-order valence-electron chi connectivity index (χ4n) is 2.41. The van der Waals surface area contributed by atoms with E-state index in [1.54, 1.807) is 6.07 Å². The highest BCUT2D eigenvalue weighted by Crippen LogP contribution is 2.43. The first-order valence-corrected chi connectivity index (χ1v) is 6.75. The van der Waals surface area contributed by atoms with Gasteiger partial charge in [-0.1, -0.05) is 41.5 Å². The van der Waals surface area contributed by atoms with Gasteiger partial charge >= 0.3 is 0 Å². The predicted molar refractivity (Wildman–Crippen MR) is 81.9 cm³/mol. The zero-order valence-electron chi connectivity index (χ0n) is 13.6. The lowest BCUT2D eigenvalue weighted by molar-refractivity contribution is -0.396. The molecule has 0 amide bonds. The molecule has 0 bridgehead atoms. The topological polar surface area (TPSA) is 86.3 Å². The number of nitro benzene ring substituents is 2. The Morgan fingerprint density at radius 1 is 0.810 bits per heavy atom. The maximum Gasteiger partial charge on any atom is 0.282 e. The summed E-state index contributed by atoms with van der Waals surface area (Å²) in [5.41, 5.74) is -0.0577. The van der Waals surface area contributed by atoms with Crippen LogP contribution in [0.4, 0.5) is 11.4 Å². The number of nitro groups is 2. The van der Waals surface area contributed by atoms with Gasteiger partial charge in [0.15, 0.2) is 0 Å². The average Bonchev–Trinajstić information content (AvgIpc) is 2.23. The van der Waals surface area contributed by atoms with Crippen molar-refractivity contribution < 1.29 is 9.85 Å². The molecule has 0 aliphatic rings. The van der Waals surface area contributed by atoms with Gasteiger partial charge in [-0.2, -0.15) is 0 Å². The fourth-order valence-corrected chi connectivity index (χ4v) is 2.41. The summed E-state index contributed by atoms with van der Waals surface area (Å²) in [6, 6.07) is 1.63. The first kappa shape index (κ1) is 17.1. The van der Waals surface area contributed by atoms with E-state index in [0.717, 1.165) is 0 Å². The van der Waals surface area contributed by atoms with Crippen LogP contribution >= 0.6 is 0 Å². The normalized spacial score (nSPS) is 12.3. The molecule has 0 radical (unpaired) electrons. The van der Waals surface area contributed by atoms with Crippen molar-refractivity contribution >= 4 is 11.4 Å². The minimum Gasteiger partial charge on any atom is -0.258 e. The van der Waals surface area contributed by atoms with E-state index in [2.05, 4.69) is 0 Å². The van der Waals surface area contributed by atoms with Crippen molar-refractivity contribution in [2.45, 2.75) is 59.3 Å². The Morgan fingerprint density at radius 2 is 1.10 bits per heavy atom. The van der Waals surface area contributed by atoms with E-state index in [9.17, 15) is 20.2 Å². The van der Waals surface area contributed by atoms with Crippen LogP contribution in [0.2, 0.25) is 0 Å². The maximum atomic E-state index is 11.4. The summed E-state index contributed by atoms with van der Waals surface area (Å²) in [6.07, 6.45) is 0. The van der Waals surface area contributed by atoms with Gasteiger partial charge in [-0.05, 0) is 23.8 Å². The van der Waals surface area contributed by atoms with Crippen molar-refractivity contribution in [3.63, 3.8) is 0 Å². The number of rotatable bonds is 2. The zero-order chi connectivity index (χ0) is 16.7. The Kier molecular flexibility index (Phi) is 4.14. The minimum atomic E-state index is -0.518. The van der Waals surface area contributed by atoms with E-state index >= 15 is 0 Å². The van der Waals surface area contributed by atoms with Gasteiger partial charge < -0.3 is 0 Å². The third kappa shape index (κ3) is 3.20. The van der Waals surface area contributed by atoms with Crippen molar-refractivity contribution in [3.8, 4) is 0 Å². The highest BCUT2D eigenvalue weighted by atomic mass is 16.6. The molecule has 116 valence electrons. The van der Waals surface area contributed by atoms with Gasteiger partial charge in [-0.3, -0.25) is 20.2 Å². The first-order valence-electron chi connectivity index (χ1n) is 6.75. The Labute approximate surface area is 124 Å². The smallest absolute Gasteiger partial charge is 0.258 e. The first-order chi connectivity index (χ1) is 9.28. The number of nitrogens with zero attached hydrogens (tertiary/aromatic N) is 2. The SMILES string of the molecule is Cc1c([N+](=O)[O-])c(C(C)(C)C)cc(C(C)(C)C)c1[N+](=O)[O-]. The Bertz CT molecular complexity index is 557. The number of hydrogen-bond donors (Lipinski definition) is 0. The van der Waals surface area contributed by atoms with Crippen LogP contribution in [0.25, 0.3) is 0 Å². The van der Waals surface area contributed by atoms with Crippen LogP contribution in [-0.4, -0.2) is 9.85 Å². The van der Waals surface area contributed by atoms with Crippen molar-refractivity contribution in [2.24, 2.45) is 0 Å². The van der Waals surface area contributed by atoms with Gasteiger partial charge in [0.05, 0.1) is 9.85 Å². The Hall–Kier alpha value is -1.98. The van der Waals surface area contributed by atoms with Crippen LogP contribution < -0.4 is 0 Å². The van der Waals surface area contributed by atoms with Crippen molar-refractivity contribution in [1.82, 2.24) is 0 Å². The summed E-state index contributed by atoms with van der Waals surface area (Å²) >= 11 is 0. The summed E-state index contributed by atoms with van der Waals surface area (Å²) < 4.78 is 0. The van der Waals surface area contributed by atoms with Crippen LogP contribution in [0.5, 0.6) is 0 Å². The van der Waals surface area contributed by atoms with Crippen LogP contribution in [0, 0.1) is 27.2 Å². The van der Waals surface area contributed by atoms with Crippen LogP contribution in [0.15, 0.2) is 6.07 Å². The van der Waals surface area contributed by atoms with Crippen molar-refractivity contribution in [3.05, 3.63) is 43.0 Å². The number of benzene rings is 1. The molecule has 0 aromatic heterocycles. The van der Waals surface area contributed by atoms with E-state index in [0.29, 0.717) is 11.1 Å². The highest BCUT2D eigenvalue weighted by molar-refractivity contribution is 5.65. The molecular formula is C15H22N2O4. The van der Waals surface area contributed by atoms with E-state index in [4.69, 9.17) is 0 Å². The Morgan fingerprint density at radius 3 is 1.29 bits per heavy atom. The molecule has 0 unspecified atom stereocenters. The molecule has 1 rings (SSSR count). The molecule has 0 atom stereocenters. The molecular weight excluding hydrogens is 272 g/mol. The molecule has 0 fully saturated rings. The average molecular weight is 294 g/mol. The second kappa shape index (κ2) is 5.09. The van der Waals surface area contributed by atoms with E-state index in [-0.39, 0.29) is 16.9 Å². The van der Waals surface area contributed by atoms with Crippen molar-refractivity contribution in [1.29, 1.82) is 0 Å². The van der Waals surface area contributed by atoms with Gasteiger partial charge in [0.1, 0.15) is 5.56 Å². The molecule has 1 aromatic rings. The Balaban J connectivity index is 3.99. The van der Waals surface area contributed by atoms with E-state index < -0.39 is 20.7 Å². The van der Waals surface area contributed by atoms with Gasteiger partial charge in [-0.15, -0.1) is 0 Å². The molecule has 0 aliphatic heterocycles. The summed E-state index contributed by atoms with van der Waals surface area (Å²) in [5.74, 6) is 0. The largest absolute Gasteiger partial charge is 0.282 e. The zero-order valence-corrected chi connectivity index (χ0v) is 13.6. The van der Waals surface area contributed by atoms with Gasteiger partial charge in [-0.25, -0.2) is 0 Å². The third-order valence-electron chi connectivity index (χ3n) is 3.49. The van der Waals surface area contributed by atoms with Gasteiger partial charge in [0, 0.05) is 11.1 Å². The molecule has 6 heteroatoms. The lowest BCUT2D eigenvalue weighted by Crippen LogP contribution is -2.21. The quantitative estimate of drug-likeness (QED) is 0.597. The molecule has 0 heterocycles. The maximum absolute atomic E-state index is 11.4. The highest BCUT2D eigenvalue weighted by Gasteiger charge is 2.37. The molecule has 0 aliphatic carbocycles. The minimum absolute atomic E-state index is 0.127. The molecule has 0 N–H and O–H groups in total. The summed E-state index contributed by atoms with van der Waals surface area (Å²) in [4.78, 5) is 21.8. The van der Waals surface area contributed by atoms with E-state index in [1.807, 2.05) is 41.5 Å². The lowest BCUT2D eigenvalue weighted by atomic mass is 9.77. The number of hydrogen-bond acceptors (Lipinski definition) is 4. The summed E-state index contributed by atoms with van der Waals surface area (Å²) in [7, 11) is 0. The second-order valence-corrected chi connectivity index (χ2v) is 7.31. The lowest BCUT2D eigenvalue weighted by Gasteiger charge is -2.25. The summed E-state index contributed by atoms with van der Waals surface area (Å²) in [6.45, 7) is 12.7.